The van der Waals surface area contributed by atoms with E-state index >= 15 is 0 Å². The van der Waals surface area contributed by atoms with Gasteiger partial charge in [0.15, 0.2) is 0 Å². The fraction of sp³-hybridized carbons (Fsp3) is 0.417. The molecule has 1 aromatic heterocycles. The molecule has 0 fully saturated rings. The molecule has 0 aromatic carbocycles. The van der Waals surface area contributed by atoms with E-state index in [0.29, 0.717) is 0 Å². The third-order valence-electron chi connectivity index (χ3n) is 2.10. The van der Waals surface area contributed by atoms with Crippen LogP contribution >= 0.6 is 0 Å². The Kier molecular flexibility index (Phi) is 4.16. The number of rotatable bonds is 3. The highest BCUT2D eigenvalue weighted by Crippen LogP contribution is 1.96. The molecule has 0 radical (unpaired) electrons. The van der Waals surface area contributed by atoms with Gasteiger partial charge in [0.1, 0.15) is 5.82 Å². The van der Waals surface area contributed by atoms with Crippen LogP contribution in [0.25, 0.3) is 11.9 Å². The van der Waals surface area contributed by atoms with Crippen LogP contribution in [0.15, 0.2) is 17.3 Å². The Bertz CT molecular complexity index is 438. The second-order valence-electron chi connectivity index (χ2n) is 3.52. The van der Waals surface area contributed by atoms with Crippen molar-refractivity contribution in [2.24, 2.45) is 4.99 Å². The number of H-pyrrole nitrogens is 1. The number of hydrogen-bond donors (Lipinski definition) is 1. The van der Waals surface area contributed by atoms with E-state index in [2.05, 4.69) is 29.0 Å². The van der Waals surface area contributed by atoms with E-state index in [4.69, 9.17) is 0 Å². The Morgan fingerprint density at radius 2 is 2.27 bits per heavy atom. The van der Waals surface area contributed by atoms with E-state index in [-0.39, 0.29) is 0 Å². The Hall–Kier alpha value is -1.51. The highest BCUT2D eigenvalue weighted by atomic mass is 15.2. The van der Waals surface area contributed by atoms with E-state index in [9.17, 15) is 0 Å². The molecule has 1 heterocycles. The smallest absolute Gasteiger partial charge is 0.137 e. The summed E-state index contributed by atoms with van der Waals surface area (Å²) in [4.78, 5) is 9.63. The maximum atomic E-state index is 4.39. The molecule has 15 heavy (non-hydrogen) atoms. The molecule has 0 spiro atoms. The summed E-state index contributed by atoms with van der Waals surface area (Å²) in [5.41, 5.74) is 0. The molecule has 1 aromatic rings. The van der Waals surface area contributed by atoms with Crippen LogP contribution in [0.4, 0.5) is 0 Å². The number of nitrogens with one attached hydrogen (secondary N) is 1. The summed E-state index contributed by atoms with van der Waals surface area (Å²) in [5.74, 6) is 0.985. The van der Waals surface area contributed by atoms with Gasteiger partial charge >= 0.3 is 0 Å². The minimum Gasteiger partial charge on any atom is -0.362 e. The Morgan fingerprint density at radius 3 is 2.80 bits per heavy atom. The first-order valence-electron chi connectivity index (χ1n) is 5.24. The van der Waals surface area contributed by atoms with Gasteiger partial charge in [-0.25, -0.2) is 4.99 Å². The second-order valence-corrected chi connectivity index (χ2v) is 3.52. The summed E-state index contributed by atoms with van der Waals surface area (Å²) in [6.45, 7) is 4.06. The maximum absolute atomic E-state index is 4.39. The Morgan fingerprint density at radius 1 is 1.53 bits per heavy atom. The maximum Gasteiger partial charge on any atom is 0.137 e. The lowest BCUT2D eigenvalue weighted by Gasteiger charge is -2.11. The minimum absolute atomic E-state index is 0.985. The number of aliphatic imine (C=N–C) groups is 1. The Balaban J connectivity index is 3.48. The zero-order chi connectivity index (χ0) is 11.3. The molecule has 82 valence electrons. The predicted octanol–water partition coefficient (Wildman–Crippen LogP) is 0.923. The summed E-state index contributed by atoms with van der Waals surface area (Å²) in [5, 5.41) is 2.30. The van der Waals surface area contributed by atoms with Crippen molar-refractivity contribution in [3.63, 3.8) is 0 Å². The summed E-state index contributed by atoms with van der Waals surface area (Å²) in [6.07, 6.45) is 6.96. The summed E-state index contributed by atoms with van der Waals surface area (Å²) in [6, 6.07) is 2.06. The van der Waals surface area contributed by atoms with Gasteiger partial charge in [-0.15, -0.1) is 0 Å². The first kappa shape index (κ1) is 11.6. The third kappa shape index (κ3) is 2.72. The topological polar surface area (TPSA) is 31.4 Å². The minimum atomic E-state index is 0.985. The van der Waals surface area contributed by atoms with Gasteiger partial charge in [-0.1, -0.05) is 13.0 Å². The van der Waals surface area contributed by atoms with Crippen molar-refractivity contribution in [3.05, 3.63) is 22.8 Å². The highest BCUT2D eigenvalue weighted by molar-refractivity contribution is 5.62. The summed E-state index contributed by atoms with van der Waals surface area (Å²) < 4.78 is 0. The van der Waals surface area contributed by atoms with Gasteiger partial charge in [0.05, 0.1) is 0 Å². The number of aromatic amines is 1. The molecule has 0 saturated carbocycles. The average molecular weight is 205 g/mol. The molecular formula is C12H19N3. The van der Waals surface area contributed by atoms with Crippen LogP contribution in [-0.2, 0) is 0 Å². The molecule has 3 heteroatoms. The molecule has 1 N–H and O–H groups in total. The van der Waals surface area contributed by atoms with Crippen LogP contribution in [-0.4, -0.2) is 30.2 Å². The number of nitrogens with zero attached hydrogens (tertiary/aromatic N) is 2. The van der Waals surface area contributed by atoms with Crippen LogP contribution in [0.1, 0.15) is 20.3 Å². The van der Waals surface area contributed by atoms with Crippen molar-refractivity contribution in [2.45, 2.75) is 20.3 Å². The lowest BCUT2D eigenvalue weighted by molar-refractivity contribution is 0.576. The van der Waals surface area contributed by atoms with Gasteiger partial charge < -0.3 is 9.88 Å². The average Bonchev–Trinajstić information content (AvgIpc) is 2.62. The van der Waals surface area contributed by atoms with Gasteiger partial charge in [-0.2, -0.15) is 0 Å². The fourth-order valence-electron chi connectivity index (χ4n) is 1.50. The zero-order valence-electron chi connectivity index (χ0n) is 9.91. The lowest BCUT2D eigenvalue weighted by atomic mass is 10.3. The van der Waals surface area contributed by atoms with E-state index in [1.165, 1.54) is 0 Å². The Labute approximate surface area is 90.8 Å². The standard InChI is InChI=1S/C12H19N3/c1-5-7-11-10(8-9-14-11)12(13-6-2)15(3)4/h6-9,14H,5H2,1-4H3/b11-7-,12-10+,13-6?. The lowest BCUT2D eigenvalue weighted by Crippen LogP contribution is -2.29. The van der Waals surface area contributed by atoms with E-state index < -0.39 is 0 Å². The van der Waals surface area contributed by atoms with Crippen LogP contribution in [0.3, 0.4) is 0 Å². The molecule has 0 aliphatic heterocycles. The largest absolute Gasteiger partial charge is 0.362 e. The molecule has 1 rings (SSSR count). The van der Waals surface area contributed by atoms with Crippen molar-refractivity contribution >= 4 is 18.1 Å². The second kappa shape index (κ2) is 5.39. The summed E-state index contributed by atoms with van der Waals surface area (Å²) in [7, 11) is 4.01. The van der Waals surface area contributed by atoms with Crippen molar-refractivity contribution in [3.8, 4) is 0 Å². The quantitative estimate of drug-likeness (QED) is 0.731. The molecule has 0 unspecified atom stereocenters. The van der Waals surface area contributed by atoms with Crippen molar-refractivity contribution in [1.82, 2.24) is 9.88 Å². The van der Waals surface area contributed by atoms with Gasteiger partial charge in [0, 0.05) is 37.1 Å². The van der Waals surface area contributed by atoms with Crippen LogP contribution in [0.5, 0.6) is 0 Å². The third-order valence-corrected chi connectivity index (χ3v) is 2.10. The van der Waals surface area contributed by atoms with Crippen molar-refractivity contribution < 1.29 is 0 Å². The number of hydrogen-bond acceptors (Lipinski definition) is 2. The normalized spacial score (nSPS) is 14.8. The van der Waals surface area contributed by atoms with E-state index in [1.807, 2.05) is 38.3 Å². The molecule has 3 nitrogen and oxygen atoms in total. The first-order chi connectivity index (χ1) is 7.20. The van der Waals surface area contributed by atoms with Gasteiger partial charge in [-0.05, 0) is 19.4 Å². The van der Waals surface area contributed by atoms with Crippen molar-refractivity contribution in [1.29, 1.82) is 0 Å². The van der Waals surface area contributed by atoms with Gasteiger partial charge in [-0.3, -0.25) is 0 Å². The zero-order valence-corrected chi connectivity index (χ0v) is 9.91. The molecule has 0 bridgehead atoms. The monoisotopic (exact) mass is 205 g/mol. The molecule has 0 aliphatic carbocycles. The molecule has 0 atom stereocenters. The SMILES string of the molecule is CC=N/C(=c1/cc[nH]/c1=C\CC)N(C)C. The fourth-order valence-corrected chi connectivity index (χ4v) is 1.50. The van der Waals surface area contributed by atoms with Crippen LogP contribution in [0, 0.1) is 0 Å². The molecule has 0 saturated heterocycles. The highest BCUT2D eigenvalue weighted by Gasteiger charge is 1.99. The van der Waals surface area contributed by atoms with E-state index in [0.717, 1.165) is 22.8 Å². The van der Waals surface area contributed by atoms with Gasteiger partial charge in [0.2, 0.25) is 0 Å². The van der Waals surface area contributed by atoms with Crippen LogP contribution < -0.4 is 10.6 Å². The molecular weight excluding hydrogens is 186 g/mol. The molecule has 0 aliphatic rings. The van der Waals surface area contributed by atoms with Gasteiger partial charge in [0.25, 0.3) is 0 Å². The predicted molar refractivity (Wildman–Crippen MR) is 66.1 cm³/mol. The van der Waals surface area contributed by atoms with Crippen LogP contribution in [0.2, 0.25) is 0 Å². The first-order valence-corrected chi connectivity index (χ1v) is 5.24. The number of aromatic nitrogens is 1. The van der Waals surface area contributed by atoms with Crippen molar-refractivity contribution in [2.75, 3.05) is 14.1 Å². The molecule has 0 amide bonds. The summed E-state index contributed by atoms with van der Waals surface area (Å²) >= 11 is 0. The van der Waals surface area contributed by atoms with E-state index in [1.54, 1.807) is 0 Å².